The SMILES string of the molecule is C=CCOC(=O)N1C[C@H](O[Si](C)(C)C(C)(C)C)C[C@H]1Cc1cnn(C)c1. The van der Waals surface area contributed by atoms with E-state index in [1.54, 1.807) is 10.8 Å². The Balaban J connectivity index is 2.12. The van der Waals surface area contributed by atoms with Crippen LogP contribution in [-0.4, -0.2) is 54.4 Å². The summed E-state index contributed by atoms with van der Waals surface area (Å²) in [5.74, 6) is 0. The minimum Gasteiger partial charge on any atom is -0.445 e. The standard InChI is InChI=1S/C19H33N3O3Si/c1-8-9-24-18(23)22-14-17(25-26(6,7)19(2,3)4)11-16(22)10-15-12-20-21(5)13-15/h8,12-13,16-17H,1,9-11,14H2,2-7H3/t16-,17-/m1/s1. The van der Waals surface area contributed by atoms with Crippen molar-refractivity contribution in [1.29, 1.82) is 0 Å². The van der Waals surface area contributed by atoms with Gasteiger partial charge in [0, 0.05) is 25.8 Å². The molecule has 0 radical (unpaired) electrons. The molecular formula is C19H33N3O3Si. The van der Waals surface area contributed by atoms with Crippen LogP contribution in [0.4, 0.5) is 4.79 Å². The Morgan fingerprint density at radius 2 is 2.15 bits per heavy atom. The lowest BCUT2D eigenvalue weighted by molar-refractivity contribution is 0.103. The van der Waals surface area contributed by atoms with Crippen molar-refractivity contribution in [2.24, 2.45) is 7.05 Å². The third-order valence-electron chi connectivity index (χ3n) is 5.43. The molecule has 0 aliphatic carbocycles. The molecule has 1 amide bonds. The van der Waals surface area contributed by atoms with Crippen molar-refractivity contribution in [2.45, 2.75) is 63.9 Å². The van der Waals surface area contributed by atoms with Crippen molar-refractivity contribution < 1.29 is 14.0 Å². The Labute approximate surface area is 158 Å². The maximum atomic E-state index is 12.5. The molecule has 6 nitrogen and oxygen atoms in total. The first-order valence-electron chi connectivity index (χ1n) is 9.23. The number of hydrogen-bond acceptors (Lipinski definition) is 4. The summed E-state index contributed by atoms with van der Waals surface area (Å²) < 4.78 is 13.7. The molecule has 0 unspecified atom stereocenters. The largest absolute Gasteiger partial charge is 0.445 e. The zero-order chi connectivity index (χ0) is 19.5. The van der Waals surface area contributed by atoms with Gasteiger partial charge in [0.1, 0.15) is 6.61 Å². The highest BCUT2D eigenvalue weighted by Gasteiger charge is 2.44. The van der Waals surface area contributed by atoms with Gasteiger partial charge in [0.25, 0.3) is 0 Å². The number of nitrogens with zero attached hydrogens (tertiary/aromatic N) is 3. The quantitative estimate of drug-likeness (QED) is 0.558. The van der Waals surface area contributed by atoms with Gasteiger partial charge in [0.05, 0.1) is 12.3 Å². The molecule has 0 N–H and O–H groups in total. The van der Waals surface area contributed by atoms with Gasteiger partial charge in [-0.2, -0.15) is 5.10 Å². The fourth-order valence-corrected chi connectivity index (χ4v) is 4.39. The van der Waals surface area contributed by atoms with Crippen molar-refractivity contribution in [3.63, 3.8) is 0 Å². The Hall–Kier alpha value is -1.60. The summed E-state index contributed by atoms with van der Waals surface area (Å²) in [4.78, 5) is 14.3. The average molecular weight is 380 g/mol. The van der Waals surface area contributed by atoms with E-state index in [0.29, 0.717) is 6.54 Å². The molecule has 26 heavy (non-hydrogen) atoms. The molecule has 1 aromatic heterocycles. The summed E-state index contributed by atoms with van der Waals surface area (Å²) >= 11 is 0. The lowest BCUT2D eigenvalue weighted by Crippen LogP contribution is -2.44. The maximum absolute atomic E-state index is 12.5. The molecule has 1 aromatic rings. The fraction of sp³-hybridized carbons (Fsp3) is 0.684. The van der Waals surface area contributed by atoms with Gasteiger partial charge in [-0.1, -0.05) is 33.4 Å². The Morgan fingerprint density at radius 1 is 1.46 bits per heavy atom. The summed E-state index contributed by atoms with van der Waals surface area (Å²) in [6.07, 6.45) is 6.78. The minimum absolute atomic E-state index is 0.0499. The molecule has 0 bridgehead atoms. The molecule has 2 heterocycles. The Kier molecular flexibility index (Phi) is 6.34. The molecule has 0 spiro atoms. The number of aromatic nitrogens is 2. The van der Waals surface area contributed by atoms with Gasteiger partial charge in [-0.25, -0.2) is 4.79 Å². The highest BCUT2D eigenvalue weighted by Crippen LogP contribution is 2.39. The highest BCUT2D eigenvalue weighted by molar-refractivity contribution is 6.74. The van der Waals surface area contributed by atoms with Crippen LogP contribution in [0.25, 0.3) is 0 Å². The number of likely N-dealkylation sites (tertiary alicyclic amines) is 1. The van der Waals surface area contributed by atoms with Crippen molar-refractivity contribution in [3.05, 3.63) is 30.6 Å². The van der Waals surface area contributed by atoms with Crippen LogP contribution in [0, 0.1) is 0 Å². The number of rotatable bonds is 6. The summed E-state index contributed by atoms with van der Waals surface area (Å²) in [7, 11) is 0.0118. The minimum atomic E-state index is -1.89. The lowest BCUT2D eigenvalue weighted by Gasteiger charge is -2.38. The van der Waals surface area contributed by atoms with E-state index in [-0.39, 0.29) is 29.9 Å². The fourth-order valence-electron chi connectivity index (χ4n) is 3.03. The van der Waals surface area contributed by atoms with Crippen LogP contribution in [0.3, 0.4) is 0 Å². The van der Waals surface area contributed by atoms with Gasteiger partial charge < -0.3 is 14.1 Å². The second-order valence-corrected chi connectivity index (χ2v) is 13.4. The van der Waals surface area contributed by atoms with Crippen LogP contribution in [0.15, 0.2) is 25.0 Å². The third-order valence-corrected chi connectivity index (χ3v) is 9.97. The second kappa shape index (κ2) is 7.96. The first kappa shape index (κ1) is 20.7. The Bertz CT molecular complexity index is 636. The molecular weight excluding hydrogens is 346 g/mol. The number of amides is 1. The van der Waals surface area contributed by atoms with Crippen LogP contribution in [0.1, 0.15) is 32.8 Å². The average Bonchev–Trinajstić information content (AvgIpc) is 3.10. The van der Waals surface area contributed by atoms with E-state index in [2.05, 4.69) is 45.5 Å². The van der Waals surface area contributed by atoms with Crippen LogP contribution in [-0.2, 0) is 22.6 Å². The molecule has 7 heteroatoms. The number of carbonyl (C=O) groups is 1. The predicted octanol–water partition coefficient (Wildman–Crippen LogP) is 3.75. The lowest BCUT2D eigenvalue weighted by atomic mass is 10.1. The zero-order valence-electron chi connectivity index (χ0n) is 17.0. The van der Waals surface area contributed by atoms with E-state index in [9.17, 15) is 4.79 Å². The summed E-state index contributed by atoms with van der Waals surface area (Å²) in [6, 6.07) is 0.0614. The smallest absolute Gasteiger partial charge is 0.410 e. The second-order valence-electron chi connectivity index (χ2n) is 8.63. The van der Waals surface area contributed by atoms with Gasteiger partial charge in [-0.3, -0.25) is 4.68 Å². The summed E-state index contributed by atoms with van der Waals surface area (Å²) in [5, 5.41) is 4.37. The van der Waals surface area contributed by atoms with Crippen LogP contribution >= 0.6 is 0 Å². The van der Waals surface area contributed by atoms with E-state index >= 15 is 0 Å². The van der Waals surface area contributed by atoms with E-state index < -0.39 is 8.32 Å². The van der Waals surface area contributed by atoms with Gasteiger partial charge in [0.15, 0.2) is 8.32 Å². The number of carbonyl (C=O) groups excluding carboxylic acids is 1. The molecule has 2 atom stereocenters. The molecule has 146 valence electrons. The highest BCUT2D eigenvalue weighted by atomic mass is 28.4. The summed E-state index contributed by atoms with van der Waals surface area (Å²) in [6.45, 7) is 15.6. The van der Waals surface area contributed by atoms with Crippen molar-refractivity contribution in [1.82, 2.24) is 14.7 Å². The van der Waals surface area contributed by atoms with E-state index in [1.807, 2.05) is 24.3 Å². The third kappa shape index (κ3) is 4.98. The molecule has 2 rings (SSSR count). The van der Waals surface area contributed by atoms with Gasteiger partial charge in [-0.05, 0) is 36.5 Å². The normalized spacial score (nSPS) is 21.1. The monoisotopic (exact) mass is 379 g/mol. The van der Waals surface area contributed by atoms with Crippen molar-refractivity contribution in [3.8, 4) is 0 Å². The zero-order valence-corrected chi connectivity index (χ0v) is 18.0. The van der Waals surface area contributed by atoms with Gasteiger partial charge >= 0.3 is 6.09 Å². The van der Waals surface area contributed by atoms with E-state index in [4.69, 9.17) is 9.16 Å². The first-order chi connectivity index (χ1) is 12.0. The van der Waals surface area contributed by atoms with Gasteiger partial charge in [-0.15, -0.1) is 0 Å². The van der Waals surface area contributed by atoms with Gasteiger partial charge in [0.2, 0.25) is 0 Å². The molecule has 1 aliphatic heterocycles. The predicted molar refractivity (Wildman–Crippen MR) is 106 cm³/mol. The van der Waals surface area contributed by atoms with E-state index in [1.165, 1.54) is 0 Å². The van der Waals surface area contributed by atoms with Crippen LogP contribution in [0.5, 0.6) is 0 Å². The molecule has 0 aromatic carbocycles. The molecule has 1 saturated heterocycles. The topological polar surface area (TPSA) is 56.6 Å². The van der Waals surface area contributed by atoms with Crippen LogP contribution in [0.2, 0.25) is 18.1 Å². The first-order valence-corrected chi connectivity index (χ1v) is 12.1. The van der Waals surface area contributed by atoms with Crippen molar-refractivity contribution >= 4 is 14.4 Å². The molecule has 0 saturated carbocycles. The number of ether oxygens (including phenoxy) is 1. The molecule has 1 fully saturated rings. The summed E-state index contributed by atoms with van der Waals surface area (Å²) in [5.41, 5.74) is 1.12. The number of aryl methyl sites for hydroxylation is 1. The van der Waals surface area contributed by atoms with E-state index in [0.717, 1.165) is 18.4 Å². The maximum Gasteiger partial charge on any atom is 0.410 e. The van der Waals surface area contributed by atoms with Crippen LogP contribution < -0.4 is 0 Å². The number of hydrogen-bond donors (Lipinski definition) is 0. The van der Waals surface area contributed by atoms with Crippen molar-refractivity contribution in [2.75, 3.05) is 13.2 Å². The molecule has 1 aliphatic rings. The Morgan fingerprint density at radius 3 is 2.69 bits per heavy atom.